The highest BCUT2D eigenvalue weighted by molar-refractivity contribution is 7.99. The number of carbonyl (C=O) groups excluding carboxylic acids is 1. The van der Waals surface area contributed by atoms with Gasteiger partial charge in [-0.05, 0) is 43.7 Å². The SMILES string of the molecule is C=CC(=O)N1[C@H](C)CN(c2nc(=O)n3c4c(c(-c5ccc(F)c(Cl)c5)c(C(F)(F)F)cc24)SC[C@@H](OCOC)C3)C[C@@H]1C. The fraction of sp³-hybridized carbons (Fsp3) is 0.414. The van der Waals surface area contributed by atoms with Gasteiger partial charge in [0.2, 0.25) is 5.91 Å². The lowest BCUT2D eigenvalue weighted by molar-refractivity contribution is -0.137. The van der Waals surface area contributed by atoms with Gasteiger partial charge in [-0.2, -0.15) is 18.2 Å². The first-order valence-corrected chi connectivity index (χ1v) is 14.8. The van der Waals surface area contributed by atoms with Crippen LogP contribution in [0, 0.1) is 5.82 Å². The summed E-state index contributed by atoms with van der Waals surface area (Å²) in [6.45, 7) is 7.60. The van der Waals surface area contributed by atoms with Crippen molar-refractivity contribution in [1.29, 1.82) is 0 Å². The molecule has 1 fully saturated rings. The summed E-state index contributed by atoms with van der Waals surface area (Å²) in [5.74, 6) is -0.740. The molecule has 43 heavy (non-hydrogen) atoms. The molecule has 1 amide bonds. The average molecular weight is 641 g/mol. The Morgan fingerprint density at radius 3 is 2.51 bits per heavy atom. The Hall–Kier alpha value is -3.13. The van der Waals surface area contributed by atoms with E-state index in [1.54, 1.807) is 9.80 Å². The number of carbonyl (C=O) groups is 1. The highest BCUT2D eigenvalue weighted by Crippen LogP contribution is 2.48. The second kappa shape index (κ2) is 12.1. The van der Waals surface area contributed by atoms with Gasteiger partial charge >= 0.3 is 11.9 Å². The van der Waals surface area contributed by atoms with E-state index in [4.69, 9.17) is 21.1 Å². The fourth-order valence-electron chi connectivity index (χ4n) is 5.84. The molecule has 0 aliphatic carbocycles. The van der Waals surface area contributed by atoms with E-state index in [9.17, 15) is 27.2 Å². The lowest BCUT2D eigenvalue weighted by Gasteiger charge is -2.44. The summed E-state index contributed by atoms with van der Waals surface area (Å²) in [5.41, 5.74) is -1.54. The number of aromatic nitrogens is 2. The Morgan fingerprint density at radius 1 is 1.21 bits per heavy atom. The fourth-order valence-corrected chi connectivity index (χ4v) is 7.30. The second-order valence-corrected chi connectivity index (χ2v) is 12.0. The summed E-state index contributed by atoms with van der Waals surface area (Å²) in [6, 6.07) is 3.72. The minimum Gasteiger partial charge on any atom is -0.359 e. The third-order valence-electron chi connectivity index (χ3n) is 7.58. The molecule has 0 unspecified atom stereocenters. The van der Waals surface area contributed by atoms with Crippen LogP contribution in [-0.2, 0) is 27.0 Å². The highest BCUT2D eigenvalue weighted by Gasteiger charge is 2.40. The van der Waals surface area contributed by atoms with E-state index in [2.05, 4.69) is 11.6 Å². The summed E-state index contributed by atoms with van der Waals surface area (Å²) in [7, 11) is 1.44. The predicted molar refractivity (Wildman–Crippen MR) is 157 cm³/mol. The van der Waals surface area contributed by atoms with Crippen molar-refractivity contribution < 1.29 is 31.8 Å². The van der Waals surface area contributed by atoms with Gasteiger partial charge in [0.05, 0.1) is 28.8 Å². The number of halogens is 5. The van der Waals surface area contributed by atoms with E-state index >= 15 is 0 Å². The minimum absolute atomic E-state index is 0.0232. The summed E-state index contributed by atoms with van der Waals surface area (Å²) in [6.07, 6.45) is -4.19. The van der Waals surface area contributed by atoms with Crippen molar-refractivity contribution in [3.63, 3.8) is 0 Å². The van der Waals surface area contributed by atoms with Crippen molar-refractivity contribution in [3.05, 3.63) is 63.8 Å². The van der Waals surface area contributed by atoms with Gasteiger partial charge in [-0.15, -0.1) is 11.8 Å². The molecule has 2 aliphatic heterocycles. The number of alkyl halides is 3. The van der Waals surface area contributed by atoms with Gasteiger partial charge in [0.1, 0.15) is 18.4 Å². The highest BCUT2D eigenvalue weighted by atomic mass is 35.5. The summed E-state index contributed by atoms with van der Waals surface area (Å²) < 4.78 is 70.8. The van der Waals surface area contributed by atoms with Gasteiger partial charge in [-0.1, -0.05) is 24.2 Å². The van der Waals surface area contributed by atoms with Gasteiger partial charge in [0, 0.05) is 53.9 Å². The van der Waals surface area contributed by atoms with E-state index in [1.165, 1.54) is 23.8 Å². The molecule has 0 N–H and O–H groups in total. The van der Waals surface area contributed by atoms with Gasteiger partial charge in [0.25, 0.3) is 0 Å². The standard InChI is InChI=1S/C29H29ClF4N4O4S/c1-5-23(39)38-15(2)10-36(11-16(38)3)27-19-9-20(29(32,33)34)24(17-6-7-22(31)21(30)8-17)26-25(19)37(28(40)35-27)12-18(13-43-26)42-14-41-4/h5-9,15-16,18H,1,10-14H2,2-4H3/t15-,16+,18-/m0/s1. The minimum atomic E-state index is -4.83. The number of benzene rings is 2. The monoisotopic (exact) mass is 640 g/mol. The molecule has 5 rings (SSSR count). The topological polar surface area (TPSA) is 76.9 Å². The van der Waals surface area contributed by atoms with Crippen molar-refractivity contribution in [3.8, 4) is 11.1 Å². The van der Waals surface area contributed by atoms with Gasteiger partial charge < -0.3 is 19.3 Å². The van der Waals surface area contributed by atoms with Crippen LogP contribution in [-0.4, -0.2) is 71.3 Å². The van der Waals surface area contributed by atoms with Crippen LogP contribution in [0.25, 0.3) is 22.0 Å². The smallest absolute Gasteiger partial charge is 0.359 e. The second-order valence-electron chi connectivity index (χ2n) is 10.5. The van der Waals surface area contributed by atoms with E-state index in [0.717, 1.165) is 30.0 Å². The number of nitrogens with zero attached hydrogens (tertiary/aromatic N) is 4. The molecule has 8 nitrogen and oxygen atoms in total. The molecule has 1 saturated heterocycles. The van der Waals surface area contributed by atoms with Crippen LogP contribution >= 0.6 is 23.4 Å². The first kappa shape index (κ1) is 31.3. The van der Waals surface area contributed by atoms with Gasteiger partial charge in [-0.3, -0.25) is 9.36 Å². The first-order valence-electron chi connectivity index (χ1n) is 13.4. The molecule has 2 aliphatic rings. The Balaban J connectivity index is 1.80. The Labute approximate surface area is 254 Å². The molecule has 2 aromatic carbocycles. The van der Waals surface area contributed by atoms with Crippen molar-refractivity contribution in [2.24, 2.45) is 0 Å². The van der Waals surface area contributed by atoms with E-state index in [1.807, 2.05) is 13.8 Å². The van der Waals surface area contributed by atoms with Crippen molar-refractivity contribution >= 4 is 46.0 Å². The maximum atomic E-state index is 14.9. The number of thioether (sulfide) groups is 1. The van der Waals surface area contributed by atoms with Crippen LogP contribution in [0.1, 0.15) is 19.4 Å². The number of anilines is 1. The van der Waals surface area contributed by atoms with E-state index in [0.29, 0.717) is 0 Å². The molecule has 14 heteroatoms. The number of amides is 1. The maximum Gasteiger partial charge on any atom is 0.417 e. The maximum absolute atomic E-state index is 14.9. The van der Waals surface area contributed by atoms with E-state index in [-0.39, 0.29) is 87.9 Å². The van der Waals surface area contributed by atoms with Crippen molar-refractivity contribution in [2.75, 3.05) is 37.6 Å². The number of piperazine rings is 1. The third-order valence-corrected chi connectivity index (χ3v) is 9.10. The van der Waals surface area contributed by atoms with Crippen LogP contribution < -0.4 is 10.6 Å². The summed E-state index contributed by atoms with van der Waals surface area (Å²) >= 11 is 7.13. The van der Waals surface area contributed by atoms with Crippen LogP contribution in [0.3, 0.4) is 0 Å². The molecule has 3 atom stereocenters. The molecule has 0 bridgehead atoms. The molecule has 0 spiro atoms. The number of hydrogen-bond acceptors (Lipinski definition) is 7. The Kier molecular flexibility index (Phi) is 8.81. The summed E-state index contributed by atoms with van der Waals surface area (Å²) in [4.78, 5) is 34.0. The molecular weight excluding hydrogens is 612 g/mol. The first-order chi connectivity index (χ1) is 20.3. The quantitative estimate of drug-likeness (QED) is 0.198. The lowest BCUT2D eigenvalue weighted by Crippen LogP contribution is -2.58. The molecular formula is C29H29ClF4N4O4S. The molecule has 0 radical (unpaired) electrons. The van der Waals surface area contributed by atoms with Crippen LogP contribution in [0.15, 0.2) is 46.6 Å². The number of methoxy groups -OCH3 is 1. The normalized spacial score (nSPS) is 20.8. The van der Waals surface area contributed by atoms with Crippen LogP contribution in [0.4, 0.5) is 23.4 Å². The zero-order chi connectivity index (χ0) is 31.2. The zero-order valence-corrected chi connectivity index (χ0v) is 25.2. The van der Waals surface area contributed by atoms with Crippen LogP contribution in [0.5, 0.6) is 0 Å². The Bertz CT molecular complexity index is 1640. The van der Waals surface area contributed by atoms with Crippen LogP contribution in [0.2, 0.25) is 5.02 Å². The zero-order valence-electron chi connectivity index (χ0n) is 23.6. The molecule has 3 aromatic rings. The number of hydrogen-bond donors (Lipinski definition) is 0. The van der Waals surface area contributed by atoms with Gasteiger partial charge in [0.15, 0.2) is 0 Å². The molecule has 0 saturated carbocycles. The van der Waals surface area contributed by atoms with Crippen molar-refractivity contribution in [2.45, 2.75) is 49.7 Å². The Morgan fingerprint density at radius 2 is 1.91 bits per heavy atom. The van der Waals surface area contributed by atoms with E-state index < -0.39 is 29.4 Å². The van der Waals surface area contributed by atoms with Crippen molar-refractivity contribution in [1.82, 2.24) is 14.5 Å². The number of ether oxygens (including phenoxy) is 2. The third kappa shape index (κ3) is 5.87. The largest absolute Gasteiger partial charge is 0.417 e. The predicted octanol–water partition coefficient (Wildman–Crippen LogP) is 5.58. The number of rotatable bonds is 6. The summed E-state index contributed by atoms with van der Waals surface area (Å²) in [5, 5.41) is -0.206. The average Bonchev–Trinajstić information content (AvgIpc) is 3.14. The molecule has 1 aromatic heterocycles. The molecule has 3 heterocycles. The van der Waals surface area contributed by atoms with Gasteiger partial charge in [-0.25, -0.2) is 9.18 Å². The lowest BCUT2D eigenvalue weighted by atomic mass is 9.96. The molecule has 230 valence electrons.